The molecular formula is C21H33N3O. The van der Waals surface area contributed by atoms with E-state index in [-0.39, 0.29) is 11.3 Å². The molecule has 0 bridgehead atoms. The Morgan fingerprint density at radius 2 is 1.72 bits per heavy atom. The smallest absolute Gasteiger partial charge is 0.226 e. The van der Waals surface area contributed by atoms with Gasteiger partial charge in [-0.05, 0) is 44.7 Å². The maximum absolute atomic E-state index is 12.3. The van der Waals surface area contributed by atoms with Crippen molar-refractivity contribution in [1.82, 2.24) is 10.2 Å². The van der Waals surface area contributed by atoms with Crippen LogP contribution < -0.4 is 10.2 Å². The van der Waals surface area contributed by atoms with Crippen LogP contribution in [0.5, 0.6) is 0 Å². The Morgan fingerprint density at radius 3 is 2.28 bits per heavy atom. The maximum Gasteiger partial charge on any atom is 0.226 e. The molecule has 4 heteroatoms. The van der Waals surface area contributed by atoms with Crippen LogP contribution >= 0.6 is 0 Å². The van der Waals surface area contributed by atoms with Crippen LogP contribution in [-0.4, -0.2) is 49.6 Å². The standard InChI is InChI=1S/C21H33N3O/c1-4-21(5-2)16-18(22-20(21)25)10-11-23-12-14-24(15-13-23)19-8-6-17(3)7-9-19/h6-9,18H,4-5,10-16H2,1-3H3,(H,22,25)/t18-/m0/s1. The predicted molar refractivity (Wildman–Crippen MR) is 104 cm³/mol. The average Bonchev–Trinajstić information content (AvgIpc) is 2.97. The maximum atomic E-state index is 12.3. The van der Waals surface area contributed by atoms with Gasteiger partial charge in [0.05, 0.1) is 5.41 Å². The summed E-state index contributed by atoms with van der Waals surface area (Å²) in [6.07, 6.45) is 4.02. The lowest BCUT2D eigenvalue weighted by Crippen LogP contribution is -2.47. The van der Waals surface area contributed by atoms with E-state index in [0.717, 1.165) is 58.4 Å². The number of carbonyl (C=O) groups is 1. The van der Waals surface area contributed by atoms with E-state index in [1.807, 2.05) is 0 Å². The zero-order valence-corrected chi connectivity index (χ0v) is 16.1. The van der Waals surface area contributed by atoms with Gasteiger partial charge in [0.1, 0.15) is 0 Å². The number of amides is 1. The molecule has 1 aromatic carbocycles. The molecule has 0 unspecified atom stereocenters. The number of aryl methyl sites for hydroxylation is 1. The minimum absolute atomic E-state index is 0.102. The molecule has 2 heterocycles. The van der Waals surface area contributed by atoms with E-state index in [1.54, 1.807) is 0 Å². The Morgan fingerprint density at radius 1 is 1.08 bits per heavy atom. The minimum atomic E-state index is -0.102. The van der Waals surface area contributed by atoms with Crippen LogP contribution in [0, 0.1) is 12.3 Å². The first-order valence-corrected chi connectivity index (χ1v) is 9.91. The normalized spacial score (nSPS) is 23.7. The van der Waals surface area contributed by atoms with Crippen molar-refractivity contribution in [2.75, 3.05) is 37.6 Å². The molecule has 2 saturated heterocycles. The molecule has 0 aliphatic carbocycles. The molecule has 4 nitrogen and oxygen atoms in total. The van der Waals surface area contributed by atoms with E-state index < -0.39 is 0 Å². The summed E-state index contributed by atoms with van der Waals surface area (Å²) in [5.74, 6) is 0.284. The summed E-state index contributed by atoms with van der Waals surface area (Å²) in [6, 6.07) is 9.21. The second kappa shape index (κ2) is 7.77. The summed E-state index contributed by atoms with van der Waals surface area (Å²) in [6.45, 7) is 11.9. The monoisotopic (exact) mass is 343 g/mol. The third-order valence-electron chi connectivity index (χ3n) is 6.37. The van der Waals surface area contributed by atoms with Gasteiger partial charge < -0.3 is 10.2 Å². The number of rotatable bonds is 6. The van der Waals surface area contributed by atoms with E-state index in [1.165, 1.54) is 11.3 Å². The molecule has 0 spiro atoms. The second-order valence-corrected chi connectivity index (χ2v) is 7.81. The highest BCUT2D eigenvalue weighted by atomic mass is 16.2. The first kappa shape index (κ1) is 18.2. The number of nitrogens with zero attached hydrogens (tertiary/aromatic N) is 2. The van der Waals surface area contributed by atoms with Gasteiger partial charge in [0.2, 0.25) is 5.91 Å². The van der Waals surface area contributed by atoms with Crippen molar-refractivity contribution in [2.24, 2.45) is 5.41 Å². The van der Waals surface area contributed by atoms with Crippen molar-refractivity contribution in [1.29, 1.82) is 0 Å². The van der Waals surface area contributed by atoms with Crippen molar-refractivity contribution in [3.05, 3.63) is 29.8 Å². The molecule has 2 aliphatic rings. The lowest BCUT2D eigenvalue weighted by Gasteiger charge is -2.36. The quantitative estimate of drug-likeness (QED) is 0.861. The van der Waals surface area contributed by atoms with E-state index in [9.17, 15) is 4.79 Å². The predicted octanol–water partition coefficient (Wildman–Crippen LogP) is 3.20. The zero-order valence-electron chi connectivity index (χ0n) is 16.1. The molecule has 2 aliphatic heterocycles. The Labute approximate surface area is 152 Å². The number of piperazine rings is 1. The van der Waals surface area contributed by atoms with E-state index >= 15 is 0 Å². The Kier molecular flexibility index (Phi) is 5.67. The summed E-state index contributed by atoms with van der Waals surface area (Å²) in [5, 5.41) is 3.25. The molecule has 1 aromatic rings. The lowest BCUT2D eigenvalue weighted by molar-refractivity contribution is -0.128. The number of nitrogens with one attached hydrogen (secondary N) is 1. The van der Waals surface area contributed by atoms with Crippen LogP contribution in [0.25, 0.3) is 0 Å². The van der Waals surface area contributed by atoms with E-state index in [0.29, 0.717) is 6.04 Å². The SMILES string of the molecule is CCC1(CC)C[C@H](CCN2CCN(c3ccc(C)cc3)CC2)NC1=O. The van der Waals surface area contributed by atoms with Gasteiger partial charge in [-0.25, -0.2) is 0 Å². The van der Waals surface area contributed by atoms with Crippen LogP contribution in [0.1, 0.15) is 45.1 Å². The molecule has 0 radical (unpaired) electrons. The highest BCUT2D eigenvalue weighted by Gasteiger charge is 2.43. The Balaban J connectivity index is 1.44. The molecule has 1 amide bonds. The molecule has 138 valence electrons. The van der Waals surface area contributed by atoms with Gasteiger partial charge in [-0.15, -0.1) is 0 Å². The molecule has 1 N–H and O–H groups in total. The number of anilines is 1. The molecule has 1 atom stereocenters. The van der Waals surface area contributed by atoms with Crippen LogP contribution in [0.3, 0.4) is 0 Å². The number of benzene rings is 1. The van der Waals surface area contributed by atoms with E-state index in [4.69, 9.17) is 0 Å². The summed E-state index contributed by atoms with van der Waals surface area (Å²) in [4.78, 5) is 17.3. The Hall–Kier alpha value is -1.55. The fourth-order valence-corrected chi connectivity index (χ4v) is 4.31. The fourth-order valence-electron chi connectivity index (χ4n) is 4.31. The molecular weight excluding hydrogens is 310 g/mol. The molecule has 2 fully saturated rings. The summed E-state index contributed by atoms with van der Waals surface area (Å²) in [5.41, 5.74) is 2.55. The second-order valence-electron chi connectivity index (χ2n) is 7.81. The third kappa shape index (κ3) is 4.00. The van der Waals surface area contributed by atoms with Gasteiger partial charge in [-0.1, -0.05) is 31.5 Å². The number of hydrogen-bond acceptors (Lipinski definition) is 3. The largest absolute Gasteiger partial charge is 0.369 e. The summed E-state index contributed by atoms with van der Waals surface area (Å²) in [7, 11) is 0. The molecule has 25 heavy (non-hydrogen) atoms. The van der Waals surface area contributed by atoms with Crippen LogP contribution in [-0.2, 0) is 4.79 Å². The van der Waals surface area contributed by atoms with Crippen LogP contribution in [0.4, 0.5) is 5.69 Å². The lowest BCUT2D eigenvalue weighted by atomic mass is 9.79. The number of hydrogen-bond donors (Lipinski definition) is 1. The van der Waals surface area contributed by atoms with Gasteiger partial charge in [-0.3, -0.25) is 9.69 Å². The van der Waals surface area contributed by atoms with Crippen LogP contribution in [0.2, 0.25) is 0 Å². The Bertz CT molecular complexity index is 571. The van der Waals surface area contributed by atoms with Gasteiger partial charge in [0.25, 0.3) is 0 Å². The zero-order chi connectivity index (χ0) is 17.9. The molecule has 0 saturated carbocycles. The average molecular weight is 344 g/mol. The van der Waals surface area contributed by atoms with Gasteiger partial charge in [0, 0.05) is 44.5 Å². The third-order valence-corrected chi connectivity index (χ3v) is 6.37. The van der Waals surface area contributed by atoms with Crippen molar-refractivity contribution >= 4 is 11.6 Å². The van der Waals surface area contributed by atoms with Crippen molar-refractivity contribution in [3.63, 3.8) is 0 Å². The van der Waals surface area contributed by atoms with E-state index in [2.05, 4.69) is 60.2 Å². The van der Waals surface area contributed by atoms with Gasteiger partial charge >= 0.3 is 0 Å². The van der Waals surface area contributed by atoms with Gasteiger partial charge in [0.15, 0.2) is 0 Å². The van der Waals surface area contributed by atoms with Crippen molar-refractivity contribution < 1.29 is 4.79 Å². The van der Waals surface area contributed by atoms with Gasteiger partial charge in [-0.2, -0.15) is 0 Å². The van der Waals surface area contributed by atoms with Crippen molar-refractivity contribution in [3.8, 4) is 0 Å². The first-order chi connectivity index (χ1) is 12.1. The topological polar surface area (TPSA) is 35.6 Å². The summed E-state index contributed by atoms with van der Waals surface area (Å²) < 4.78 is 0. The fraction of sp³-hybridized carbons (Fsp3) is 0.667. The number of carbonyl (C=O) groups excluding carboxylic acids is 1. The highest BCUT2D eigenvalue weighted by Crippen LogP contribution is 2.37. The van der Waals surface area contributed by atoms with Crippen molar-refractivity contribution in [2.45, 2.75) is 52.5 Å². The molecule has 3 rings (SSSR count). The summed E-state index contributed by atoms with van der Waals surface area (Å²) >= 11 is 0. The highest BCUT2D eigenvalue weighted by molar-refractivity contribution is 5.85. The minimum Gasteiger partial charge on any atom is -0.369 e. The van der Waals surface area contributed by atoms with Crippen LogP contribution in [0.15, 0.2) is 24.3 Å². The molecule has 0 aromatic heterocycles. The first-order valence-electron chi connectivity index (χ1n) is 9.91.